The van der Waals surface area contributed by atoms with Crippen LogP contribution < -0.4 is 10.1 Å². The molecule has 1 aliphatic heterocycles. The second kappa shape index (κ2) is 8.67. The molecule has 2 amide bonds. The number of benzene rings is 3. The van der Waals surface area contributed by atoms with Gasteiger partial charge in [-0.2, -0.15) is 0 Å². The van der Waals surface area contributed by atoms with Gasteiger partial charge in [0.2, 0.25) is 5.91 Å². The highest BCUT2D eigenvalue weighted by Gasteiger charge is 2.42. The van der Waals surface area contributed by atoms with E-state index in [4.69, 9.17) is 4.74 Å². The fraction of sp³-hybridized carbons (Fsp3) is 0.185. The molecule has 0 radical (unpaired) electrons. The van der Waals surface area contributed by atoms with Crippen molar-refractivity contribution in [1.29, 1.82) is 0 Å². The summed E-state index contributed by atoms with van der Waals surface area (Å²) < 4.78 is 21.1. The SMILES string of the molecule is COc1ccc([C@H]2c3c(n(C)c4ccccc34)C(=O)N2CC(=O)NCc2ccccc2F)cc1. The quantitative estimate of drug-likeness (QED) is 0.472. The third-order valence-corrected chi connectivity index (χ3v) is 6.37. The van der Waals surface area contributed by atoms with E-state index < -0.39 is 6.04 Å². The van der Waals surface area contributed by atoms with Crippen molar-refractivity contribution in [3.63, 3.8) is 0 Å². The van der Waals surface area contributed by atoms with Crippen molar-refractivity contribution in [3.8, 4) is 5.75 Å². The zero-order valence-corrected chi connectivity index (χ0v) is 18.9. The molecule has 1 N–H and O–H groups in total. The first-order valence-electron chi connectivity index (χ1n) is 11.0. The predicted molar refractivity (Wildman–Crippen MR) is 127 cm³/mol. The average Bonchev–Trinajstić information content (AvgIpc) is 3.31. The van der Waals surface area contributed by atoms with E-state index in [1.165, 1.54) is 6.07 Å². The van der Waals surface area contributed by atoms with Crippen molar-refractivity contribution in [2.24, 2.45) is 7.05 Å². The first-order valence-corrected chi connectivity index (χ1v) is 11.0. The van der Waals surface area contributed by atoms with Crippen LogP contribution in [0.25, 0.3) is 10.9 Å². The third-order valence-electron chi connectivity index (χ3n) is 6.37. The van der Waals surface area contributed by atoms with Gasteiger partial charge in [-0.3, -0.25) is 9.59 Å². The van der Waals surface area contributed by atoms with Crippen molar-refractivity contribution in [3.05, 3.63) is 101 Å². The van der Waals surface area contributed by atoms with Gasteiger partial charge in [0.25, 0.3) is 5.91 Å². The summed E-state index contributed by atoms with van der Waals surface area (Å²) in [5.74, 6) is -0.238. The molecule has 6 nitrogen and oxygen atoms in total. The Morgan fingerprint density at radius 3 is 2.47 bits per heavy atom. The Kier molecular flexibility index (Phi) is 5.53. The number of ether oxygens (including phenoxy) is 1. The molecule has 0 saturated carbocycles. The van der Waals surface area contributed by atoms with Crippen LogP contribution in [0.15, 0.2) is 72.8 Å². The summed E-state index contributed by atoms with van der Waals surface area (Å²) in [6.45, 7) is -0.0936. The lowest BCUT2D eigenvalue weighted by Crippen LogP contribution is -2.39. The van der Waals surface area contributed by atoms with Crippen LogP contribution in [0.4, 0.5) is 4.39 Å². The molecule has 0 spiro atoms. The van der Waals surface area contributed by atoms with Crippen LogP contribution in [-0.2, 0) is 18.4 Å². The van der Waals surface area contributed by atoms with Crippen molar-refractivity contribution in [2.75, 3.05) is 13.7 Å². The molecule has 5 rings (SSSR count). The standard InChI is InChI=1S/C27H24FN3O3/c1-30-22-10-6-4-8-20(22)24-25(17-11-13-19(34-2)14-12-17)31(27(33)26(24)30)16-23(32)29-15-18-7-3-5-9-21(18)28/h3-14,25H,15-16H2,1-2H3,(H,29,32)/t25-/m0/s1. The van der Waals surface area contributed by atoms with Crippen LogP contribution in [0.2, 0.25) is 0 Å². The summed E-state index contributed by atoms with van der Waals surface area (Å²) in [5, 5.41) is 3.72. The van der Waals surface area contributed by atoms with Gasteiger partial charge in [-0.05, 0) is 29.8 Å². The van der Waals surface area contributed by atoms with Gasteiger partial charge >= 0.3 is 0 Å². The fourth-order valence-corrected chi connectivity index (χ4v) is 4.71. The highest BCUT2D eigenvalue weighted by molar-refractivity contribution is 6.07. The second-order valence-electron chi connectivity index (χ2n) is 8.32. The lowest BCUT2D eigenvalue weighted by molar-refractivity contribution is -0.122. The fourth-order valence-electron chi connectivity index (χ4n) is 4.71. The normalized spacial score (nSPS) is 15.0. The Hall–Kier alpha value is -4.13. The summed E-state index contributed by atoms with van der Waals surface area (Å²) in [4.78, 5) is 28.1. The van der Waals surface area contributed by atoms with E-state index in [2.05, 4.69) is 5.32 Å². The highest BCUT2D eigenvalue weighted by atomic mass is 19.1. The number of hydrogen-bond acceptors (Lipinski definition) is 3. The number of hydrogen-bond donors (Lipinski definition) is 1. The molecular weight excluding hydrogens is 433 g/mol. The van der Waals surface area contributed by atoms with Gasteiger partial charge in [0.15, 0.2) is 0 Å². The molecule has 172 valence electrons. The monoisotopic (exact) mass is 457 g/mol. The Labute approximate surface area is 196 Å². The van der Waals surface area contributed by atoms with E-state index in [1.807, 2.05) is 60.1 Å². The first-order chi connectivity index (χ1) is 16.5. The summed E-state index contributed by atoms with van der Waals surface area (Å²) in [6, 6.07) is 21.3. The van der Waals surface area contributed by atoms with Gasteiger partial charge in [0.05, 0.1) is 13.2 Å². The Morgan fingerprint density at radius 1 is 1.03 bits per heavy atom. The molecule has 7 heteroatoms. The van der Waals surface area contributed by atoms with Crippen LogP contribution in [0.3, 0.4) is 0 Å². The summed E-state index contributed by atoms with van der Waals surface area (Å²) in [7, 11) is 3.47. The number of methoxy groups -OCH3 is 1. The van der Waals surface area contributed by atoms with Crippen molar-refractivity contribution in [1.82, 2.24) is 14.8 Å². The van der Waals surface area contributed by atoms with E-state index in [-0.39, 0.29) is 30.7 Å². The molecule has 4 aromatic rings. The lowest BCUT2D eigenvalue weighted by Gasteiger charge is -2.26. The van der Waals surface area contributed by atoms with E-state index in [0.29, 0.717) is 17.0 Å². The zero-order chi connectivity index (χ0) is 23.8. The number of nitrogens with zero attached hydrogens (tertiary/aromatic N) is 2. The predicted octanol–water partition coefficient (Wildman–Crippen LogP) is 4.19. The summed E-state index contributed by atoms with van der Waals surface area (Å²) >= 11 is 0. The molecule has 0 bridgehead atoms. The minimum atomic E-state index is -0.432. The number of halogens is 1. The molecule has 0 unspecified atom stereocenters. The minimum Gasteiger partial charge on any atom is -0.497 e. The molecule has 0 aliphatic carbocycles. The van der Waals surface area contributed by atoms with Gasteiger partial charge < -0.3 is 19.5 Å². The van der Waals surface area contributed by atoms with Crippen LogP contribution in [0, 0.1) is 5.82 Å². The van der Waals surface area contributed by atoms with E-state index in [0.717, 1.165) is 22.0 Å². The maximum Gasteiger partial charge on any atom is 0.272 e. The summed E-state index contributed by atoms with van der Waals surface area (Å²) in [6.07, 6.45) is 0. The maximum absolute atomic E-state index is 14.0. The number of nitrogens with one attached hydrogen (secondary N) is 1. The molecule has 1 aromatic heterocycles. The largest absolute Gasteiger partial charge is 0.497 e. The van der Waals surface area contributed by atoms with Crippen LogP contribution >= 0.6 is 0 Å². The molecule has 1 atom stereocenters. The Morgan fingerprint density at radius 2 is 1.74 bits per heavy atom. The second-order valence-corrected chi connectivity index (χ2v) is 8.32. The average molecular weight is 458 g/mol. The first kappa shape index (κ1) is 21.7. The number of carbonyl (C=O) groups is 2. The van der Waals surface area contributed by atoms with E-state index in [1.54, 1.807) is 30.2 Å². The molecule has 0 saturated heterocycles. The van der Waals surface area contributed by atoms with Gasteiger partial charge in [0, 0.05) is 35.6 Å². The van der Waals surface area contributed by atoms with Crippen LogP contribution in [0.5, 0.6) is 5.75 Å². The highest BCUT2D eigenvalue weighted by Crippen LogP contribution is 2.43. The molecule has 1 aliphatic rings. The van der Waals surface area contributed by atoms with Gasteiger partial charge in [-0.25, -0.2) is 4.39 Å². The Balaban J connectivity index is 1.50. The van der Waals surface area contributed by atoms with Gasteiger partial charge in [0.1, 0.15) is 23.8 Å². The van der Waals surface area contributed by atoms with Gasteiger partial charge in [-0.15, -0.1) is 0 Å². The topological polar surface area (TPSA) is 63.6 Å². The Bertz CT molecular complexity index is 1390. The van der Waals surface area contributed by atoms with Gasteiger partial charge in [-0.1, -0.05) is 48.5 Å². The smallest absolute Gasteiger partial charge is 0.272 e. The van der Waals surface area contributed by atoms with Crippen molar-refractivity contribution in [2.45, 2.75) is 12.6 Å². The van der Waals surface area contributed by atoms with Crippen LogP contribution in [0.1, 0.15) is 33.2 Å². The summed E-state index contributed by atoms with van der Waals surface area (Å²) in [5.41, 5.74) is 3.69. The van der Waals surface area contributed by atoms with Crippen molar-refractivity contribution >= 4 is 22.7 Å². The van der Waals surface area contributed by atoms with Crippen molar-refractivity contribution < 1.29 is 18.7 Å². The number of aromatic nitrogens is 1. The number of carbonyl (C=O) groups excluding carboxylic acids is 2. The minimum absolute atomic E-state index is 0.0522. The number of amides is 2. The van der Waals surface area contributed by atoms with E-state index >= 15 is 0 Å². The maximum atomic E-state index is 14.0. The van der Waals surface area contributed by atoms with E-state index in [9.17, 15) is 14.0 Å². The molecule has 34 heavy (non-hydrogen) atoms. The molecule has 2 heterocycles. The number of para-hydroxylation sites is 1. The zero-order valence-electron chi connectivity index (χ0n) is 18.9. The molecule has 0 fully saturated rings. The molecule has 3 aromatic carbocycles. The number of rotatable bonds is 6. The lowest BCUT2D eigenvalue weighted by atomic mass is 9.98. The number of fused-ring (bicyclic) bond motifs is 3. The third kappa shape index (κ3) is 3.59. The van der Waals surface area contributed by atoms with Crippen LogP contribution in [-0.4, -0.2) is 34.9 Å². The molecular formula is C27H24FN3O3. The number of aryl methyl sites for hydroxylation is 1.